The van der Waals surface area contributed by atoms with E-state index in [0.717, 1.165) is 30.7 Å². The molecule has 1 amide bonds. The molecule has 0 aliphatic heterocycles. The molecule has 1 unspecified atom stereocenters. The number of hydrogen-bond acceptors (Lipinski definition) is 3. The standard InChI is InChI=1S/C20H31NO3.C8H16.C4H10/c1-16(18(22)14-20(2,3)4)10-8-9-13-21-19(23)24-15-17-11-6-5-7-12-17;1-2-8-6-4-3-5-7-8;1-3-4-2/h5-7,11-12,16H,8-10,13-15H2,1-4H3,(H,21,23);8H,2-7H2,1H3;3-4H2,1-2H3. The predicted octanol–water partition coefficient (Wildman–Crippen LogP) is 9.51. The molecule has 0 bridgehead atoms. The van der Waals surface area contributed by atoms with Crippen LogP contribution >= 0.6 is 0 Å². The number of nitrogens with one attached hydrogen (secondary N) is 1. The predicted molar refractivity (Wildman–Crippen MR) is 154 cm³/mol. The van der Waals surface area contributed by atoms with E-state index in [2.05, 4.69) is 46.9 Å². The number of hydrogen-bond donors (Lipinski definition) is 1. The Morgan fingerprint density at radius 3 is 2.08 bits per heavy atom. The second-order valence-corrected chi connectivity index (χ2v) is 11.5. The first kappa shape index (κ1) is 34.2. The van der Waals surface area contributed by atoms with Gasteiger partial charge in [-0.25, -0.2) is 4.79 Å². The lowest BCUT2D eigenvalue weighted by Crippen LogP contribution is -2.25. The van der Waals surface area contributed by atoms with Crippen molar-refractivity contribution in [2.75, 3.05) is 6.54 Å². The van der Waals surface area contributed by atoms with E-state index < -0.39 is 6.09 Å². The number of carbonyl (C=O) groups excluding carboxylic acids is 2. The summed E-state index contributed by atoms with van der Waals surface area (Å²) in [4.78, 5) is 23.7. The zero-order valence-corrected chi connectivity index (χ0v) is 24.7. The third kappa shape index (κ3) is 20.4. The van der Waals surface area contributed by atoms with Crippen molar-refractivity contribution in [3.05, 3.63) is 35.9 Å². The highest BCUT2D eigenvalue weighted by atomic mass is 16.5. The molecule has 1 aromatic carbocycles. The highest BCUT2D eigenvalue weighted by molar-refractivity contribution is 5.81. The van der Waals surface area contributed by atoms with Crippen LogP contribution in [0.2, 0.25) is 0 Å². The van der Waals surface area contributed by atoms with Gasteiger partial charge in [0.15, 0.2) is 0 Å². The van der Waals surface area contributed by atoms with Gasteiger partial charge in [-0.3, -0.25) is 4.79 Å². The number of Topliss-reactive ketones (excluding diaryl/α,β-unsaturated/α-hetero) is 1. The lowest BCUT2D eigenvalue weighted by Gasteiger charge is -2.19. The average molecular weight is 504 g/mol. The summed E-state index contributed by atoms with van der Waals surface area (Å²) in [6.45, 7) is 15.8. The fourth-order valence-corrected chi connectivity index (χ4v) is 3.99. The molecule has 0 spiro atoms. The summed E-state index contributed by atoms with van der Waals surface area (Å²) in [5.74, 6) is 1.51. The van der Waals surface area contributed by atoms with Crippen LogP contribution in [0, 0.1) is 17.3 Å². The summed E-state index contributed by atoms with van der Waals surface area (Å²) >= 11 is 0. The molecule has 4 nitrogen and oxygen atoms in total. The van der Waals surface area contributed by atoms with Crippen molar-refractivity contribution in [2.24, 2.45) is 17.3 Å². The van der Waals surface area contributed by atoms with Gasteiger partial charge in [-0.1, -0.05) is 137 Å². The summed E-state index contributed by atoms with van der Waals surface area (Å²) in [7, 11) is 0. The molecular weight excluding hydrogens is 446 g/mol. The van der Waals surface area contributed by atoms with Crippen molar-refractivity contribution < 1.29 is 14.3 Å². The molecule has 4 heteroatoms. The van der Waals surface area contributed by atoms with Crippen LogP contribution in [-0.2, 0) is 16.1 Å². The van der Waals surface area contributed by atoms with E-state index >= 15 is 0 Å². The van der Waals surface area contributed by atoms with Gasteiger partial charge < -0.3 is 10.1 Å². The molecule has 1 aliphatic rings. The normalized spacial score (nSPS) is 14.4. The number of alkyl carbamates (subject to hydrolysis) is 1. The van der Waals surface area contributed by atoms with Crippen LogP contribution in [-0.4, -0.2) is 18.4 Å². The summed E-state index contributed by atoms with van der Waals surface area (Å²) < 4.78 is 5.14. The Morgan fingerprint density at radius 1 is 0.972 bits per heavy atom. The van der Waals surface area contributed by atoms with Crippen LogP contribution in [0.15, 0.2) is 30.3 Å². The molecule has 0 heterocycles. The SMILES string of the molecule is CC(CCCCNC(=O)OCc1ccccc1)C(=O)CC(C)(C)C.CCC1CCCCC1.CCCC. The van der Waals surface area contributed by atoms with E-state index in [1.165, 1.54) is 51.4 Å². The second kappa shape index (κ2) is 21.3. The van der Waals surface area contributed by atoms with Crippen molar-refractivity contribution in [3.63, 3.8) is 0 Å². The summed E-state index contributed by atoms with van der Waals surface area (Å²) in [5.41, 5.74) is 1.02. The maximum atomic E-state index is 12.1. The third-order valence-corrected chi connectivity index (χ3v) is 6.60. The topological polar surface area (TPSA) is 55.4 Å². The first-order valence-corrected chi connectivity index (χ1v) is 14.6. The molecule has 1 N–H and O–H groups in total. The van der Waals surface area contributed by atoms with Crippen LogP contribution in [0.25, 0.3) is 0 Å². The molecule has 2 rings (SSSR count). The number of rotatable bonds is 11. The Bertz CT molecular complexity index is 658. The van der Waals surface area contributed by atoms with E-state index in [9.17, 15) is 9.59 Å². The Labute approximate surface area is 223 Å². The molecule has 208 valence electrons. The second-order valence-electron chi connectivity index (χ2n) is 11.5. The lowest BCUT2D eigenvalue weighted by atomic mass is 9.85. The number of carbonyl (C=O) groups is 2. The van der Waals surface area contributed by atoms with Crippen LogP contribution in [0.3, 0.4) is 0 Å². The monoisotopic (exact) mass is 503 g/mol. The first-order valence-electron chi connectivity index (χ1n) is 14.6. The van der Waals surface area contributed by atoms with Crippen molar-refractivity contribution >= 4 is 11.9 Å². The Hall–Kier alpha value is -1.84. The Balaban J connectivity index is 0.000000833. The number of ether oxygens (including phenoxy) is 1. The molecule has 1 aromatic rings. The largest absolute Gasteiger partial charge is 0.445 e. The van der Waals surface area contributed by atoms with Gasteiger partial charge in [-0.2, -0.15) is 0 Å². The van der Waals surface area contributed by atoms with Gasteiger partial charge in [-0.15, -0.1) is 0 Å². The summed E-state index contributed by atoms with van der Waals surface area (Å²) in [6.07, 6.45) is 14.5. The molecule has 36 heavy (non-hydrogen) atoms. The molecule has 1 fully saturated rings. The van der Waals surface area contributed by atoms with Crippen molar-refractivity contribution in [2.45, 2.75) is 132 Å². The number of unbranched alkanes of at least 4 members (excludes halogenated alkanes) is 2. The minimum Gasteiger partial charge on any atom is -0.445 e. The van der Waals surface area contributed by atoms with E-state index in [-0.39, 0.29) is 17.9 Å². The van der Waals surface area contributed by atoms with Gasteiger partial charge in [-0.05, 0) is 29.7 Å². The van der Waals surface area contributed by atoms with E-state index in [4.69, 9.17) is 4.74 Å². The minimum atomic E-state index is -0.393. The maximum Gasteiger partial charge on any atom is 0.407 e. The Morgan fingerprint density at radius 2 is 1.58 bits per heavy atom. The van der Waals surface area contributed by atoms with Crippen molar-refractivity contribution in [3.8, 4) is 0 Å². The average Bonchev–Trinajstić information content (AvgIpc) is 2.87. The quantitative estimate of drug-likeness (QED) is 0.306. The minimum absolute atomic E-state index is 0.0510. The number of ketones is 1. The Kier molecular flexibility index (Phi) is 20.2. The van der Waals surface area contributed by atoms with E-state index in [1.807, 2.05) is 37.3 Å². The maximum absolute atomic E-state index is 12.1. The van der Waals surface area contributed by atoms with Gasteiger partial charge in [0.25, 0.3) is 0 Å². The van der Waals surface area contributed by atoms with Crippen molar-refractivity contribution in [1.29, 1.82) is 0 Å². The highest BCUT2D eigenvalue weighted by Crippen LogP contribution is 2.25. The summed E-state index contributed by atoms with van der Waals surface area (Å²) in [5, 5.41) is 2.75. The molecule has 1 aliphatic carbocycles. The molecular formula is C32H57NO3. The van der Waals surface area contributed by atoms with E-state index in [0.29, 0.717) is 18.7 Å². The van der Waals surface area contributed by atoms with E-state index in [1.54, 1.807) is 0 Å². The van der Waals surface area contributed by atoms with Crippen LogP contribution in [0.1, 0.15) is 131 Å². The molecule has 1 atom stereocenters. The zero-order valence-electron chi connectivity index (χ0n) is 24.7. The van der Waals surface area contributed by atoms with Gasteiger partial charge in [0.1, 0.15) is 12.4 Å². The molecule has 1 saturated carbocycles. The smallest absolute Gasteiger partial charge is 0.407 e. The van der Waals surface area contributed by atoms with Gasteiger partial charge in [0, 0.05) is 18.9 Å². The number of benzene rings is 1. The molecule has 0 radical (unpaired) electrons. The highest BCUT2D eigenvalue weighted by Gasteiger charge is 2.20. The van der Waals surface area contributed by atoms with Crippen LogP contribution in [0.4, 0.5) is 4.79 Å². The van der Waals surface area contributed by atoms with Crippen LogP contribution in [0.5, 0.6) is 0 Å². The number of amides is 1. The van der Waals surface area contributed by atoms with Crippen molar-refractivity contribution in [1.82, 2.24) is 5.32 Å². The fraction of sp³-hybridized carbons (Fsp3) is 0.750. The zero-order chi connectivity index (χ0) is 27.2. The lowest BCUT2D eigenvalue weighted by molar-refractivity contribution is -0.124. The summed E-state index contributed by atoms with van der Waals surface area (Å²) in [6, 6.07) is 9.60. The molecule has 0 saturated heterocycles. The molecule has 0 aromatic heterocycles. The van der Waals surface area contributed by atoms with Gasteiger partial charge >= 0.3 is 6.09 Å². The first-order chi connectivity index (χ1) is 17.1. The van der Waals surface area contributed by atoms with Crippen LogP contribution < -0.4 is 5.32 Å². The third-order valence-electron chi connectivity index (χ3n) is 6.60. The van der Waals surface area contributed by atoms with Gasteiger partial charge in [0.05, 0.1) is 0 Å². The van der Waals surface area contributed by atoms with Gasteiger partial charge in [0.2, 0.25) is 0 Å². The fourth-order valence-electron chi connectivity index (χ4n) is 3.99.